The van der Waals surface area contributed by atoms with Crippen molar-refractivity contribution in [2.24, 2.45) is 11.7 Å². The molecule has 0 aliphatic heterocycles. The molecule has 0 aromatic heterocycles. The van der Waals surface area contributed by atoms with Gasteiger partial charge in [0.2, 0.25) is 0 Å². The third kappa shape index (κ3) is 2.45. The van der Waals surface area contributed by atoms with Crippen LogP contribution in [-0.2, 0) is 11.2 Å². The van der Waals surface area contributed by atoms with Gasteiger partial charge in [0.05, 0.1) is 6.10 Å². The molecule has 2 nitrogen and oxygen atoms in total. The summed E-state index contributed by atoms with van der Waals surface area (Å²) in [5.74, 6) is 0.552. The lowest BCUT2D eigenvalue weighted by atomic mass is 9.98. The zero-order chi connectivity index (χ0) is 11.5. The van der Waals surface area contributed by atoms with Crippen LogP contribution in [0.4, 0.5) is 0 Å². The quantitative estimate of drug-likeness (QED) is 0.845. The monoisotopic (exact) mass is 219 g/mol. The fourth-order valence-corrected chi connectivity index (χ4v) is 2.45. The van der Waals surface area contributed by atoms with E-state index in [4.69, 9.17) is 10.5 Å². The van der Waals surface area contributed by atoms with Crippen molar-refractivity contribution in [2.45, 2.75) is 38.8 Å². The van der Waals surface area contributed by atoms with Crippen LogP contribution in [0.25, 0.3) is 0 Å². The first-order valence-corrected chi connectivity index (χ1v) is 6.13. The minimum atomic E-state index is 0.201. The maximum absolute atomic E-state index is 6.25. The van der Waals surface area contributed by atoms with Crippen LogP contribution in [0.2, 0.25) is 0 Å². The molecule has 0 fully saturated rings. The first-order chi connectivity index (χ1) is 7.68. The minimum absolute atomic E-state index is 0.201. The number of hydrogen-bond donors (Lipinski definition) is 1. The zero-order valence-electron chi connectivity index (χ0n) is 10.1. The van der Waals surface area contributed by atoms with Gasteiger partial charge in [-0.1, -0.05) is 24.3 Å². The maximum atomic E-state index is 6.25. The van der Waals surface area contributed by atoms with Crippen LogP contribution in [0.5, 0.6) is 0 Å². The molecule has 16 heavy (non-hydrogen) atoms. The van der Waals surface area contributed by atoms with Gasteiger partial charge in [0.15, 0.2) is 0 Å². The Morgan fingerprint density at radius 2 is 2.12 bits per heavy atom. The first-order valence-electron chi connectivity index (χ1n) is 6.13. The third-order valence-electron chi connectivity index (χ3n) is 3.34. The van der Waals surface area contributed by atoms with E-state index in [9.17, 15) is 0 Å². The van der Waals surface area contributed by atoms with Gasteiger partial charge < -0.3 is 10.5 Å². The second-order valence-electron chi connectivity index (χ2n) is 4.90. The number of nitrogens with two attached hydrogens (primary N) is 1. The highest BCUT2D eigenvalue weighted by Gasteiger charge is 2.28. The van der Waals surface area contributed by atoms with Gasteiger partial charge >= 0.3 is 0 Å². The van der Waals surface area contributed by atoms with E-state index in [1.54, 1.807) is 0 Å². The van der Waals surface area contributed by atoms with Crippen LogP contribution in [0.15, 0.2) is 24.3 Å². The van der Waals surface area contributed by atoms with Crippen molar-refractivity contribution < 1.29 is 4.74 Å². The Labute approximate surface area is 97.8 Å². The van der Waals surface area contributed by atoms with Crippen LogP contribution in [0.1, 0.15) is 37.4 Å². The van der Waals surface area contributed by atoms with Crippen LogP contribution in [0, 0.1) is 5.92 Å². The average Bonchev–Trinajstić information content (AvgIpc) is 2.56. The molecule has 2 atom stereocenters. The largest absolute Gasteiger partial charge is 0.379 e. The highest BCUT2D eigenvalue weighted by Crippen LogP contribution is 2.35. The summed E-state index contributed by atoms with van der Waals surface area (Å²) in [6, 6.07) is 8.72. The van der Waals surface area contributed by atoms with Crippen molar-refractivity contribution in [3.63, 3.8) is 0 Å². The van der Waals surface area contributed by atoms with Gasteiger partial charge in [-0.15, -0.1) is 0 Å². The Balaban J connectivity index is 1.92. The molecule has 1 aliphatic carbocycles. The molecule has 2 N–H and O–H groups in total. The molecule has 0 radical (unpaired) electrons. The summed E-state index contributed by atoms with van der Waals surface area (Å²) in [7, 11) is 0. The van der Waals surface area contributed by atoms with Gasteiger partial charge in [-0.3, -0.25) is 0 Å². The molecule has 0 spiro atoms. The van der Waals surface area contributed by atoms with Gasteiger partial charge in [0, 0.05) is 12.6 Å². The lowest BCUT2D eigenvalue weighted by Gasteiger charge is -2.16. The molecular weight excluding hydrogens is 198 g/mol. The van der Waals surface area contributed by atoms with Crippen molar-refractivity contribution in [2.75, 3.05) is 6.61 Å². The molecule has 88 valence electrons. The highest BCUT2D eigenvalue weighted by molar-refractivity contribution is 5.35. The van der Waals surface area contributed by atoms with Crippen molar-refractivity contribution in [1.29, 1.82) is 0 Å². The maximum Gasteiger partial charge on any atom is 0.0518 e. The van der Waals surface area contributed by atoms with Gasteiger partial charge in [0.1, 0.15) is 0 Å². The molecule has 0 heterocycles. The molecule has 1 aliphatic rings. The molecule has 0 saturated heterocycles. The van der Waals surface area contributed by atoms with Crippen LogP contribution in [-0.4, -0.2) is 12.7 Å². The third-order valence-corrected chi connectivity index (χ3v) is 3.34. The Morgan fingerprint density at radius 3 is 2.81 bits per heavy atom. The summed E-state index contributed by atoms with van der Waals surface area (Å²) in [5, 5.41) is 0. The number of fused-ring (bicyclic) bond motifs is 1. The van der Waals surface area contributed by atoms with E-state index in [-0.39, 0.29) is 6.04 Å². The standard InChI is InChI=1S/C14H21NO/c1-10(2)16-8-7-12-9-11-5-3-4-6-13(11)14(12)15/h3-6,10,12,14H,7-9,15H2,1-2H3. The normalized spacial score (nSPS) is 23.8. The SMILES string of the molecule is CC(C)OCCC1Cc2ccccc2C1N. The van der Waals surface area contributed by atoms with Crippen molar-refractivity contribution in [1.82, 2.24) is 0 Å². The molecule has 0 amide bonds. The summed E-state index contributed by atoms with van der Waals surface area (Å²) < 4.78 is 5.60. The Hall–Kier alpha value is -0.860. The fraction of sp³-hybridized carbons (Fsp3) is 0.571. The molecule has 2 unspecified atom stereocenters. The molecule has 2 rings (SSSR count). The smallest absolute Gasteiger partial charge is 0.0518 e. The van der Waals surface area contributed by atoms with E-state index in [2.05, 4.69) is 38.1 Å². The fourth-order valence-electron chi connectivity index (χ4n) is 2.45. The van der Waals surface area contributed by atoms with Crippen LogP contribution >= 0.6 is 0 Å². The number of rotatable bonds is 4. The molecular formula is C14H21NO. The Bertz CT molecular complexity index is 348. The summed E-state index contributed by atoms with van der Waals surface area (Å²) in [5.41, 5.74) is 9.00. The van der Waals surface area contributed by atoms with Crippen molar-refractivity contribution in [3.05, 3.63) is 35.4 Å². The van der Waals surface area contributed by atoms with Gasteiger partial charge in [-0.25, -0.2) is 0 Å². The Morgan fingerprint density at radius 1 is 1.38 bits per heavy atom. The molecule has 0 bridgehead atoms. The summed E-state index contributed by atoms with van der Waals surface area (Å²) in [6.45, 7) is 4.97. The van der Waals surface area contributed by atoms with E-state index in [1.807, 2.05) is 0 Å². The summed E-state index contributed by atoms with van der Waals surface area (Å²) in [4.78, 5) is 0. The van der Waals surface area contributed by atoms with E-state index in [1.165, 1.54) is 11.1 Å². The molecule has 2 heteroatoms. The van der Waals surface area contributed by atoms with Crippen molar-refractivity contribution in [3.8, 4) is 0 Å². The van der Waals surface area contributed by atoms with E-state index >= 15 is 0 Å². The second kappa shape index (κ2) is 4.98. The van der Waals surface area contributed by atoms with Crippen molar-refractivity contribution >= 4 is 0 Å². The molecule has 1 aromatic carbocycles. The predicted octanol–water partition coefficient (Wildman–Crippen LogP) is 2.67. The van der Waals surface area contributed by atoms with Gasteiger partial charge in [-0.05, 0) is 43.7 Å². The average molecular weight is 219 g/mol. The highest BCUT2D eigenvalue weighted by atomic mass is 16.5. The summed E-state index contributed by atoms with van der Waals surface area (Å²) in [6.07, 6.45) is 2.49. The summed E-state index contributed by atoms with van der Waals surface area (Å²) >= 11 is 0. The first kappa shape index (κ1) is 11.6. The van der Waals surface area contributed by atoms with Gasteiger partial charge in [-0.2, -0.15) is 0 Å². The van der Waals surface area contributed by atoms with Crippen LogP contribution in [0.3, 0.4) is 0 Å². The molecule has 0 saturated carbocycles. The van der Waals surface area contributed by atoms with E-state index in [0.29, 0.717) is 12.0 Å². The predicted molar refractivity (Wildman–Crippen MR) is 66.3 cm³/mol. The number of hydrogen-bond acceptors (Lipinski definition) is 2. The topological polar surface area (TPSA) is 35.2 Å². The van der Waals surface area contributed by atoms with Crippen LogP contribution < -0.4 is 5.73 Å². The second-order valence-corrected chi connectivity index (χ2v) is 4.90. The number of benzene rings is 1. The Kier molecular flexibility index (Phi) is 3.62. The lowest BCUT2D eigenvalue weighted by molar-refractivity contribution is 0.0671. The number of ether oxygens (including phenoxy) is 1. The minimum Gasteiger partial charge on any atom is -0.379 e. The lowest BCUT2D eigenvalue weighted by Crippen LogP contribution is -2.19. The molecule has 1 aromatic rings. The van der Waals surface area contributed by atoms with Gasteiger partial charge in [0.25, 0.3) is 0 Å². The van der Waals surface area contributed by atoms with E-state index in [0.717, 1.165) is 19.4 Å². The van der Waals surface area contributed by atoms with E-state index < -0.39 is 0 Å². The zero-order valence-corrected chi connectivity index (χ0v) is 10.1.